The highest BCUT2D eigenvalue weighted by molar-refractivity contribution is 7.80. The fourth-order valence-corrected chi connectivity index (χ4v) is 3.31. The number of hydrogen-bond acceptors (Lipinski definition) is 3. The maximum atomic E-state index is 13.0. The molecule has 0 aliphatic carbocycles. The first-order chi connectivity index (χ1) is 14.5. The number of aromatic nitrogens is 4. The molecule has 0 unspecified atom stereocenters. The molecule has 0 radical (unpaired) electrons. The third kappa shape index (κ3) is 5.22. The van der Waals surface area contributed by atoms with Crippen molar-refractivity contribution < 1.29 is 4.39 Å². The van der Waals surface area contributed by atoms with E-state index in [0.29, 0.717) is 29.0 Å². The lowest BCUT2D eigenvalue weighted by molar-refractivity contribution is 0.624. The van der Waals surface area contributed by atoms with Crippen molar-refractivity contribution in [3.05, 3.63) is 95.2 Å². The van der Waals surface area contributed by atoms with Crippen molar-refractivity contribution in [3.63, 3.8) is 0 Å². The first-order valence-corrected chi connectivity index (χ1v) is 9.95. The van der Waals surface area contributed by atoms with Crippen molar-refractivity contribution in [2.24, 2.45) is 0 Å². The molecule has 0 fully saturated rings. The smallest absolute Gasteiger partial charge is 0.176 e. The molecule has 2 aromatic heterocycles. The molecule has 2 N–H and O–H groups in total. The normalized spacial score (nSPS) is 10.7. The van der Waals surface area contributed by atoms with Gasteiger partial charge in [0.2, 0.25) is 0 Å². The maximum absolute atomic E-state index is 13.0. The highest BCUT2D eigenvalue weighted by Gasteiger charge is 2.10. The summed E-state index contributed by atoms with van der Waals surface area (Å²) in [5.41, 5.74) is 2.82. The Morgan fingerprint density at radius 2 is 1.63 bits per heavy atom. The van der Waals surface area contributed by atoms with Gasteiger partial charge < -0.3 is 10.6 Å². The van der Waals surface area contributed by atoms with Gasteiger partial charge in [0, 0.05) is 12.4 Å². The van der Waals surface area contributed by atoms with Gasteiger partial charge in [-0.15, -0.1) is 0 Å². The van der Waals surface area contributed by atoms with Crippen molar-refractivity contribution in [1.82, 2.24) is 19.6 Å². The van der Waals surface area contributed by atoms with Gasteiger partial charge >= 0.3 is 0 Å². The Kier molecular flexibility index (Phi) is 6.06. The lowest BCUT2D eigenvalue weighted by Gasteiger charge is -2.07. The standard InChI is InChI=1S/C21H18ClFN6S/c22-19-14-29(12-16-6-8-17(23)9-7-16)27-20(19)26-21(30)25-18-10-24-28(13-18)11-15-4-2-1-3-5-15/h1-10,13-14H,11-12H2,(H2,25,26,27,30). The minimum atomic E-state index is -0.275. The van der Waals surface area contributed by atoms with E-state index in [-0.39, 0.29) is 5.82 Å². The number of benzene rings is 2. The Hall–Kier alpha value is -3.23. The molecule has 30 heavy (non-hydrogen) atoms. The molecule has 0 aliphatic heterocycles. The molecule has 0 spiro atoms. The summed E-state index contributed by atoms with van der Waals surface area (Å²) in [7, 11) is 0. The molecule has 0 saturated heterocycles. The fraction of sp³-hybridized carbons (Fsp3) is 0.0952. The van der Waals surface area contributed by atoms with Crippen LogP contribution in [0, 0.1) is 5.82 Å². The lowest BCUT2D eigenvalue weighted by atomic mass is 10.2. The van der Waals surface area contributed by atoms with Crippen LogP contribution in [0.5, 0.6) is 0 Å². The van der Waals surface area contributed by atoms with Gasteiger partial charge in [-0.3, -0.25) is 9.36 Å². The Balaban J connectivity index is 1.35. The second kappa shape index (κ2) is 9.06. The van der Waals surface area contributed by atoms with Crippen LogP contribution in [0.2, 0.25) is 5.02 Å². The summed E-state index contributed by atoms with van der Waals surface area (Å²) in [6, 6.07) is 16.3. The number of nitrogens with one attached hydrogen (secondary N) is 2. The monoisotopic (exact) mass is 440 g/mol. The van der Waals surface area contributed by atoms with Crippen LogP contribution in [-0.4, -0.2) is 24.7 Å². The largest absolute Gasteiger partial charge is 0.330 e. The zero-order chi connectivity index (χ0) is 20.9. The Bertz CT molecular complexity index is 1140. The number of hydrogen-bond donors (Lipinski definition) is 2. The van der Waals surface area contributed by atoms with Gasteiger partial charge in [0.15, 0.2) is 10.9 Å². The molecular formula is C21H18ClFN6S. The van der Waals surface area contributed by atoms with Crippen LogP contribution >= 0.6 is 23.8 Å². The second-order valence-corrected chi connectivity index (χ2v) is 7.46. The van der Waals surface area contributed by atoms with Gasteiger partial charge in [0.05, 0.1) is 25.0 Å². The first-order valence-electron chi connectivity index (χ1n) is 9.17. The molecule has 0 aliphatic rings. The van der Waals surface area contributed by atoms with E-state index < -0.39 is 0 Å². The van der Waals surface area contributed by atoms with E-state index in [1.54, 1.807) is 29.2 Å². The summed E-state index contributed by atoms with van der Waals surface area (Å²) in [5, 5.41) is 15.6. The molecular weight excluding hydrogens is 423 g/mol. The predicted molar refractivity (Wildman–Crippen MR) is 120 cm³/mol. The van der Waals surface area contributed by atoms with E-state index in [1.165, 1.54) is 12.1 Å². The third-order valence-corrected chi connectivity index (χ3v) is 4.77. The lowest BCUT2D eigenvalue weighted by Crippen LogP contribution is -2.19. The molecule has 2 heterocycles. The number of anilines is 2. The minimum Gasteiger partial charge on any atom is -0.330 e. The summed E-state index contributed by atoms with van der Waals surface area (Å²) >= 11 is 11.6. The quantitative estimate of drug-likeness (QED) is 0.423. The molecule has 0 saturated carbocycles. The zero-order valence-corrected chi connectivity index (χ0v) is 17.4. The first kappa shape index (κ1) is 20.1. The van der Waals surface area contributed by atoms with Gasteiger partial charge in [-0.25, -0.2) is 4.39 Å². The van der Waals surface area contributed by atoms with Crippen molar-refractivity contribution in [2.45, 2.75) is 13.1 Å². The molecule has 0 bridgehead atoms. The van der Waals surface area contributed by atoms with Crippen LogP contribution in [0.1, 0.15) is 11.1 Å². The highest BCUT2D eigenvalue weighted by atomic mass is 35.5. The van der Waals surface area contributed by atoms with E-state index in [2.05, 4.69) is 20.8 Å². The Morgan fingerprint density at radius 1 is 0.933 bits per heavy atom. The molecule has 2 aromatic carbocycles. The van der Waals surface area contributed by atoms with Crippen molar-refractivity contribution in [1.29, 1.82) is 0 Å². The maximum Gasteiger partial charge on any atom is 0.176 e. The topological polar surface area (TPSA) is 59.7 Å². The number of rotatable bonds is 6. The van der Waals surface area contributed by atoms with Crippen LogP contribution in [0.3, 0.4) is 0 Å². The molecule has 9 heteroatoms. The zero-order valence-electron chi connectivity index (χ0n) is 15.8. The van der Waals surface area contributed by atoms with Gasteiger partial charge in [-0.1, -0.05) is 54.1 Å². The molecule has 0 atom stereocenters. The van der Waals surface area contributed by atoms with Crippen LogP contribution in [0.25, 0.3) is 0 Å². The third-order valence-electron chi connectivity index (χ3n) is 4.29. The number of thiocarbonyl (C=S) groups is 1. The van der Waals surface area contributed by atoms with E-state index in [4.69, 9.17) is 23.8 Å². The number of nitrogens with zero attached hydrogens (tertiary/aromatic N) is 4. The summed E-state index contributed by atoms with van der Waals surface area (Å²) in [6.45, 7) is 1.14. The highest BCUT2D eigenvalue weighted by Crippen LogP contribution is 2.20. The summed E-state index contributed by atoms with van der Waals surface area (Å²) in [5.74, 6) is 0.163. The molecule has 4 aromatic rings. The molecule has 4 rings (SSSR count). The van der Waals surface area contributed by atoms with Crippen LogP contribution in [-0.2, 0) is 13.1 Å². The molecule has 0 amide bonds. The summed E-state index contributed by atoms with van der Waals surface area (Å²) in [6.07, 6.45) is 5.26. The number of halogens is 2. The van der Waals surface area contributed by atoms with E-state index in [9.17, 15) is 4.39 Å². The van der Waals surface area contributed by atoms with Crippen LogP contribution in [0.15, 0.2) is 73.2 Å². The SMILES string of the molecule is Fc1ccc(Cn2cc(Cl)c(NC(=S)Nc3cnn(Cc4ccccc4)c3)n2)cc1. The van der Waals surface area contributed by atoms with Crippen LogP contribution < -0.4 is 10.6 Å². The Morgan fingerprint density at radius 3 is 2.40 bits per heavy atom. The van der Waals surface area contributed by atoms with Gasteiger partial charge in [-0.05, 0) is 35.5 Å². The van der Waals surface area contributed by atoms with Crippen molar-refractivity contribution >= 4 is 40.4 Å². The van der Waals surface area contributed by atoms with E-state index in [0.717, 1.165) is 16.8 Å². The predicted octanol–water partition coefficient (Wildman–Crippen LogP) is 4.78. The average molecular weight is 441 g/mol. The summed E-state index contributed by atoms with van der Waals surface area (Å²) < 4.78 is 16.5. The van der Waals surface area contributed by atoms with E-state index >= 15 is 0 Å². The van der Waals surface area contributed by atoms with Gasteiger partial charge in [-0.2, -0.15) is 10.2 Å². The molecule has 152 valence electrons. The van der Waals surface area contributed by atoms with Crippen molar-refractivity contribution in [2.75, 3.05) is 10.6 Å². The average Bonchev–Trinajstić information content (AvgIpc) is 3.30. The summed E-state index contributed by atoms with van der Waals surface area (Å²) in [4.78, 5) is 0. The van der Waals surface area contributed by atoms with Crippen LogP contribution in [0.4, 0.5) is 15.9 Å². The molecule has 6 nitrogen and oxygen atoms in total. The van der Waals surface area contributed by atoms with Gasteiger partial charge in [0.1, 0.15) is 10.8 Å². The Labute approximate surface area is 183 Å². The van der Waals surface area contributed by atoms with Gasteiger partial charge in [0.25, 0.3) is 0 Å². The van der Waals surface area contributed by atoms with E-state index in [1.807, 2.05) is 41.2 Å². The minimum absolute atomic E-state index is 0.275. The second-order valence-electron chi connectivity index (χ2n) is 6.64. The van der Waals surface area contributed by atoms with Crippen molar-refractivity contribution in [3.8, 4) is 0 Å². The fourth-order valence-electron chi connectivity index (χ4n) is 2.89.